The van der Waals surface area contributed by atoms with Gasteiger partial charge in [-0.2, -0.15) is 4.31 Å². The summed E-state index contributed by atoms with van der Waals surface area (Å²) in [5.74, 6) is -1.58. The van der Waals surface area contributed by atoms with Crippen molar-refractivity contribution in [3.05, 3.63) is 0 Å². The lowest BCUT2D eigenvalue weighted by Crippen LogP contribution is -2.46. The van der Waals surface area contributed by atoms with Crippen LogP contribution in [0.2, 0.25) is 0 Å². The van der Waals surface area contributed by atoms with Crippen LogP contribution in [0.4, 0.5) is 0 Å². The molecule has 0 radical (unpaired) electrons. The van der Waals surface area contributed by atoms with Crippen LogP contribution in [0.3, 0.4) is 0 Å². The van der Waals surface area contributed by atoms with Gasteiger partial charge >= 0.3 is 23.5 Å². The lowest BCUT2D eigenvalue weighted by molar-refractivity contribution is -0.137. The van der Waals surface area contributed by atoms with Crippen molar-refractivity contribution in [2.45, 2.75) is 52.7 Å². The standard InChI is InChI=1S/C18H39N2O16P3/c1-17(2,11-34-37(25,26)27)13(21)15(23)19-7-5-9-33-10-6-8-20-16(24)14(22)18(3,4)12-35-39(31,32)36-38(28,29)30/h13-14,21-22H,5-12H2,1-4H3,(H,19,23)(H,20,24)(H,31,32)(H2,25,26,27)(H2,28,29,30). The molecule has 21 heteroatoms. The van der Waals surface area contributed by atoms with Gasteiger partial charge in [-0.15, -0.1) is 0 Å². The summed E-state index contributed by atoms with van der Waals surface area (Å²) in [6.45, 7) is 4.81. The maximum absolute atomic E-state index is 12.1. The summed E-state index contributed by atoms with van der Waals surface area (Å²) < 4.78 is 50.8. The molecule has 0 bridgehead atoms. The van der Waals surface area contributed by atoms with Crippen LogP contribution in [0.5, 0.6) is 0 Å². The predicted molar refractivity (Wildman–Crippen MR) is 133 cm³/mol. The number of hydrogen-bond acceptors (Lipinski definition) is 11. The zero-order valence-electron chi connectivity index (χ0n) is 22.0. The minimum atomic E-state index is -5.31. The van der Waals surface area contributed by atoms with Crippen LogP contribution >= 0.6 is 23.5 Å². The Morgan fingerprint density at radius 2 is 1.10 bits per heavy atom. The average molecular weight is 632 g/mol. The van der Waals surface area contributed by atoms with Gasteiger partial charge in [0.1, 0.15) is 12.2 Å². The van der Waals surface area contributed by atoms with Gasteiger partial charge in [0.25, 0.3) is 0 Å². The van der Waals surface area contributed by atoms with Crippen LogP contribution < -0.4 is 10.6 Å². The van der Waals surface area contributed by atoms with E-state index in [-0.39, 0.29) is 26.3 Å². The topological polar surface area (TPSA) is 288 Å². The van der Waals surface area contributed by atoms with Gasteiger partial charge in [-0.25, -0.2) is 13.7 Å². The van der Waals surface area contributed by atoms with E-state index < -0.39 is 71.5 Å². The van der Waals surface area contributed by atoms with E-state index in [9.17, 15) is 38.4 Å². The van der Waals surface area contributed by atoms with Gasteiger partial charge in [-0.05, 0) is 12.8 Å². The molecule has 0 rings (SSSR count). The summed E-state index contributed by atoms with van der Waals surface area (Å²) in [5, 5.41) is 25.2. The number of rotatable bonds is 20. The zero-order chi connectivity index (χ0) is 30.7. The molecule has 2 amide bonds. The number of ether oxygens (including phenoxy) is 1. The van der Waals surface area contributed by atoms with Crippen molar-refractivity contribution in [3.63, 3.8) is 0 Å². The van der Waals surface area contributed by atoms with Gasteiger partial charge in [0, 0.05) is 37.1 Å². The second-order valence-corrected chi connectivity index (χ2v) is 13.8. The van der Waals surface area contributed by atoms with E-state index in [1.807, 2.05) is 0 Å². The molecule has 0 heterocycles. The number of aliphatic hydroxyl groups excluding tert-OH is 2. The molecule has 0 spiro atoms. The lowest BCUT2D eigenvalue weighted by atomic mass is 9.87. The predicted octanol–water partition coefficient (Wildman–Crippen LogP) is -0.875. The Morgan fingerprint density at radius 1 is 0.718 bits per heavy atom. The average Bonchev–Trinajstić information content (AvgIpc) is 2.77. The van der Waals surface area contributed by atoms with Crippen LogP contribution in [0.15, 0.2) is 0 Å². The molecule has 0 fully saturated rings. The van der Waals surface area contributed by atoms with Crippen molar-refractivity contribution in [2.24, 2.45) is 10.8 Å². The van der Waals surface area contributed by atoms with Crippen molar-refractivity contribution < 1.29 is 76.1 Å². The number of phosphoric ester groups is 2. The first-order chi connectivity index (χ1) is 17.5. The minimum Gasteiger partial charge on any atom is -0.383 e. The Balaban J connectivity index is 4.18. The van der Waals surface area contributed by atoms with Crippen LogP contribution in [0.25, 0.3) is 0 Å². The monoisotopic (exact) mass is 632 g/mol. The fourth-order valence-corrected chi connectivity index (χ4v) is 4.85. The second kappa shape index (κ2) is 16.0. The van der Waals surface area contributed by atoms with E-state index in [2.05, 4.69) is 24.0 Å². The number of nitrogens with one attached hydrogen (secondary N) is 2. The van der Waals surface area contributed by atoms with Crippen molar-refractivity contribution in [2.75, 3.05) is 39.5 Å². The molecule has 18 nitrogen and oxygen atoms in total. The van der Waals surface area contributed by atoms with Crippen molar-refractivity contribution in [1.29, 1.82) is 0 Å². The SMILES string of the molecule is CC(C)(COP(=O)(O)O)C(O)C(=O)NCCCOCCCNC(=O)C(O)C(C)(C)COP(=O)(O)OP(=O)(O)O. The summed E-state index contributed by atoms with van der Waals surface area (Å²) >= 11 is 0. The van der Waals surface area contributed by atoms with E-state index in [1.165, 1.54) is 27.7 Å². The van der Waals surface area contributed by atoms with Crippen LogP contribution in [-0.4, -0.2) is 98.2 Å². The van der Waals surface area contributed by atoms with Gasteiger partial charge in [0.2, 0.25) is 11.8 Å². The molecule has 232 valence electrons. The van der Waals surface area contributed by atoms with Crippen molar-refractivity contribution >= 4 is 35.3 Å². The maximum atomic E-state index is 12.1. The van der Waals surface area contributed by atoms with E-state index in [0.717, 1.165) is 0 Å². The van der Waals surface area contributed by atoms with E-state index in [1.54, 1.807) is 0 Å². The Hall–Kier alpha value is -0.810. The Labute approximate surface area is 225 Å². The third-order valence-electron chi connectivity index (χ3n) is 4.92. The maximum Gasteiger partial charge on any atom is 0.481 e. The second-order valence-electron chi connectivity index (χ2n) is 9.76. The van der Waals surface area contributed by atoms with Crippen LogP contribution in [-0.2, 0) is 41.4 Å². The van der Waals surface area contributed by atoms with Crippen LogP contribution in [0.1, 0.15) is 40.5 Å². The highest BCUT2D eigenvalue weighted by atomic mass is 31.3. The van der Waals surface area contributed by atoms with E-state index in [4.69, 9.17) is 24.3 Å². The molecule has 0 saturated carbocycles. The summed E-state index contributed by atoms with van der Waals surface area (Å²) in [6.07, 6.45) is -2.57. The molecule has 0 aromatic heterocycles. The normalized spacial score (nSPS) is 16.3. The number of amides is 2. The smallest absolute Gasteiger partial charge is 0.383 e. The third-order valence-corrected chi connectivity index (χ3v) is 7.52. The molecule has 0 aliphatic rings. The van der Waals surface area contributed by atoms with Crippen LogP contribution in [0, 0.1) is 10.8 Å². The summed E-state index contributed by atoms with van der Waals surface area (Å²) in [4.78, 5) is 68.2. The quantitative estimate of drug-likeness (QED) is 0.0582. The Morgan fingerprint density at radius 3 is 1.46 bits per heavy atom. The fraction of sp³-hybridized carbons (Fsp3) is 0.889. The van der Waals surface area contributed by atoms with Gasteiger partial charge in [-0.3, -0.25) is 18.6 Å². The first kappa shape index (κ1) is 38.2. The summed E-state index contributed by atoms with van der Waals surface area (Å²) in [7, 11) is -15.2. The first-order valence-corrected chi connectivity index (χ1v) is 16.0. The van der Waals surface area contributed by atoms with Gasteiger partial charge < -0.3 is 50.1 Å². The fourth-order valence-electron chi connectivity index (χ4n) is 2.59. The molecule has 3 atom stereocenters. The number of carbonyl (C=O) groups excluding carboxylic acids is 2. The lowest BCUT2D eigenvalue weighted by Gasteiger charge is -2.29. The van der Waals surface area contributed by atoms with Gasteiger partial charge in [0.15, 0.2) is 0 Å². The summed E-state index contributed by atoms with van der Waals surface area (Å²) in [5.41, 5.74) is -2.69. The summed E-state index contributed by atoms with van der Waals surface area (Å²) in [6, 6.07) is 0. The molecule has 3 unspecified atom stereocenters. The molecule has 0 aromatic carbocycles. The highest BCUT2D eigenvalue weighted by Crippen LogP contribution is 2.58. The molecule has 0 aromatic rings. The third kappa shape index (κ3) is 17.6. The van der Waals surface area contributed by atoms with Crippen molar-refractivity contribution in [1.82, 2.24) is 10.6 Å². The Bertz CT molecular complexity index is 933. The zero-order valence-corrected chi connectivity index (χ0v) is 24.6. The molecule has 0 aliphatic carbocycles. The minimum absolute atomic E-state index is 0.0985. The molecule has 0 aliphatic heterocycles. The first-order valence-electron chi connectivity index (χ1n) is 11.4. The molecular formula is C18H39N2O16P3. The largest absolute Gasteiger partial charge is 0.481 e. The highest BCUT2D eigenvalue weighted by molar-refractivity contribution is 7.60. The number of aliphatic hydroxyl groups is 2. The molecule has 0 saturated heterocycles. The van der Waals surface area contributed by atoms with Crippen molar-refractivity contribution in [3.8, 4) is 0 Å². The number of carbonyl (C=O) groups is 2. The molecule has 39 heavy (non-hydrogen) atoms. The molecular weight excluding hydrogens is 593 g/mol. The molecule has 9 N–H and O–H groups in total. The van der Waals surface area contributed by atoms with Gasteiger partial charge in [-0.1, -0.05) is 27.7 Å². The van der Waals surface area contributed by atoms with E-state index >= 15 is 0 Å². The highest BCUT2D eigenvalue weighted by Gasteiger charge is 2.39. The van der Waals surface area contributed by atoms with Gasteiger partial charge in [0.05, 0.1) is 13.2 Å². The number of hydrogen-bond donors (Lipinski definition) is 9. The van der Waals surface area contributed by atoms with E-state index in [0.29, 0.717) is 12.8 Å². The Kier molecular flexibility index (Phi) is 15.7. The number of phosphoric acid groups is 3.